The molecule has 1 atom stereocenters. The van der Waals surface area contributed by atoms with E-state index in [1.165, 1.54) is 4.31 Å². The van der Waals surface area contributed by atoms with E-state index in [0.29, 0.717) is 37.6 Å². The zero-order chi connectivity index (χ0) is 20.3. The lowest BCUT2D eigenvalue weighted by atomic mass is 10.1. The van der Waals surface area contributed by atoms with Crippen LogP contribution in [0.1, 0.15) is 12.8 Å². The van der Waals surface area contributed by atoms with Crippen LogP contribution in [-0.2, 0) is 19.6 Å². The Bertz CT molecular complexity index is 965. The second-order valence-electron chi connectivity index (χ2n) is 7.66. The first-order chi connectivity index (χ1) is 14.0. The number of fused-ring (bicyclic) bond motifs is 1. The van der Waals surface area contributed by atoms with Crippen LogP contribution in [0.15, 0.2) is 47.4 Å². The largest absolute Gasteiger partial charge is 0.372 e. The van der Waals surface area contributed by atoms with E-state index in [4.69, 9.17) is 4.74 Å². The van der Waals surface area contributed by atoms with Crippen LogP contribution >= 0.6 is 0 Å². The summed E-state index contributed by atoms with van der Waals surface area (Å²) in [7, 11) is -3.56. The average molecular weight is 419 g/mol. The molecule has 4 rings (SSSR count). The predicted octanol–water partition coefficient (Wildman–Crippen LogP) is 0.415. The number of nitrogens with zero attached hydrogens (tertiary/aromatic N) is 2. The zero-order valence-corrected chi connectivity index (χ0v) is 17.3. The number of rotatable bonds is 6. The Hall–Kier alpha value is -2.00. The van der Waals surface area contributed by atoms with Crippen molar-refractivity contribution >= 4 is 26.7 Å². The number of carbonyl (C=O) groups is 1. The van der Waals surface area contributed by atoms with Gasteiger partial charge in [-0.2, -0.15) is 4.31 Å². The Kier molecular flexibility index (Phi) is 6.15. The molecule has 0 aromatic heterocycles. The molecule has 0 bridgehead atoms. The van der Waals surface area contributed by atoms with Crippen molar-refractivity contribution in [2.45, 2.75) is 23.8 Å². The van der Waals surface area contributed by atoms with Gasteiger partial charge in [-0.25, -0.2) is 8.42 Å². The summed E-state index contributed by atoms with van der Waals surface area (Å²) >= 11 is 0. The van der Waals surface area contributed by atoms with Gasteiger partial charge in [-0.1, -0.05) is 30.3 Å². The molecule has 2 saturated heterocycles. The number of piperazine rings is 1. The third kappa shape index (κ3) is 4.61. The number of carbonyl (C=O) groups excluding carboxylic acids is 1. The number of hydrogen-bond acceptors (Lipinski definition) is 4. The van der Waals surface area contributed by atoms with Crippen molar-refractivity contribution in [3.05, 3.63) is 42.5 Å². The Morgan fingerprint density at radius 2 is 1.83 bits per heavy atom. The molecule has 2 heterocycles. The van der Waals surface area contributed by atoms with Gasteiger partial charge < -0.3 is 15.0 Å². The summed E-state index contributed by atoms with van der Waals surface area (Å²) in [6, 6.07) is 12.9. The van der Waals surface area contributed by atoms with Gasteiger partial charge in [0.05, 0.1) is 4.90 Å². The van der Waals surface area contributed by atoms with E-state index in [9.17, 15) is 13.2 Å². The smallest absolute Gasteiger partial charge is 0.277 e. The van der Waals surface area contributed by atoms with Crippen LogP contribution in [0.2, 0.25) is 0 Å². The van der Waals surface area contributed by atoms with Crippen LogP contribution in [0.4, 0.5) is 0 Å². The average Bonchev–Trinajstić information content (AvgIpc) is 3.27. The van der Waals surface area contributed by atoms with Gasteiger partial charge in [0.2, 0.25) is 10.0 Å². The number of quaternary nitrogens is 1. The summed E-state index contributed by atoms with van der Waals surface area (Å²) in [4.78, 5) is 14.5. The second-order valence-corrected chi connectivity index (χ2v) is 9.60. The standard InChI is InChI=1S/C21H27N3O4S/c25-21(16-22-15-19-6-3-13-28-19)23-9-11-24(12-10-23)29(26,27)20-8-7-17-4-1-2-5-18(17)14-20/h1-2,4-5,7-8,14,19,22H,3,6,9-13,15-16H2/p+1/t19-/m1/s1. The molecule has 29 heavy (non-hydrogen) atoms. The highest BCUT2D eigenvalue weighted by Crippen LogP contribution is 2.22. The lowest BCUT2D eigenvalue weighted by Crippen LogP contribution is -2.88. The highest BCUT2D eigenvalue weighted by atomic mass is 32.2. The molecule has 0 aliphatic carbocycles. The number of sulfonamides is 1. The maximum Gasteiger partial charge on any atom is 0.277 e. The van der Waals surface area contributed by atoms with Crippen molar-refractivity contribution in [2.24, 2.45) is 0 Å². The van der Waals surface area contributed by atoms with Gasteiger partial charge in [0, 0.05) is 32.8 Å². The van der Waals surface area contributed by atoms with Crippen molar-refractivity contribution in [1.82, 2.24) is 9.21 Å². The molecule has 156 valence electrons. The van der Waals surface area contributed by atoms with E-state index in [0.717, 1.165) is 36.8 Å². The third-order valence-electron chi connectivity index (χ3n) is 5.72. The summed E-state index contributed by atoms with van der Waals surface area (Å²) in [6.45, 7) is 3.53. The van der Waals surface area contributed by atoms with E-state index >= 15 is 0 Å². The number of hydrogen-bond donors (Lipinski definition) is 1. The van der Waals surface area contributed by atoms with E-state index in [1.807, 2.05) is 35.6 Å². The van der Waals surface area contributed by atoms with Gasteiger partial charge in [0.15, 0.2) is 6.54 Å². The summed E-state index contributed by atoms with van der Waals surface area (Å²) in [5.41, 5.74) is 0. The van der Waals surface area contributed by atoms with Gasteiger partial charge in [-0.05, 0) is 35.7 Å². The minimum atomic E-state index is -3.56. The SMILES string of the molecule is O=C(C[NH2+]C[C@H]1CCCO1)N1CCN(S(=O)(=O)c2ccc3ccccc3c2)CC1. The molecule has 2 fully saturated rings. The van der Waals surface area contributed by atoms with Gasteiger partial charge in [-0.3, -0.25) is 4.79 Å². The summed E-state index contributed by atoms with van der Waals surface area (Å²) in [6.07, 6.45) is 2.42. The normalized spacial score (nSPS) is 21.0. The maximum absolute atomic E-state index is 13.0. The summed E-state index contributed by atoms with van der Waals surface area (Å²) in [5, 5.41) is 3.92. The summed E-state index contributed by atoms with van der Waals surface area (Å²) < 4.78 is 33.1. The maximum atomic E-state index is 13.0. The minimum Gasteiger partial charge on any atom is -0.372 e. The molecule has 0 radical (unpaired) electrons. The highest BCUT2D eigenvalue weighted by molar-refractivity contribution is 7.89. The van der Waals surface area contributed by atoms with E-state index in [-0.39, 0.29) is 12.0 Å². The molecule has 1 amide bonds. The van der Waals surface area contributed by atoms with Crippen LogP contribution in [0, 0.1) is 0 Å². The molecule has 2 N–H and O–H groups in total. The Morgan fingerprint density at radius 3 is 2.55 bits per heavy atom. The predicted molar refractivity (Wildman–Crippen MR) is 110 cm³/mol. The van der Waals surface area contributed by atoms with Crippen LogP contribution in [0.3, 0.4) is 0 Å². The van der Waals surface area contributed by atoms with Crippen molar-refractivity contribution in [3.63, 3.8) is 0 Å². The molecular formula is C21H28N3O4S+. The van der Waals surface area contributed by atoms with Gasteiger partial charge >= 0.3 is 0 Å². The number of nitrogens with two attached hydrogens (primary N) is 1. The lowest BCUT2D eigenvalue weighted by molar-refractivity contribution is -0.650. The highest BCUT2D eigenvalue weighted by Gasteiger charge is 2.30. The Balaban J connectivity index is 1.32. The van der Waals surface area contributed by atoms with Crippen molar-refractivity contribution < 1.29 is 23.3 Å². The molecule has 0 saturated carbocycles. The lowest BCUT2D eigenvalue weighted by Gasteiger charge is -2.33. The molecule has 2 aliphatic heterocycles. The minimum absolute atomic E-state index is 0.0609. The fourth-order valence-electron chi connectivity index (χ4n) is 4.01. The number of amides is 1. The van der Waals surface area contributed by atoms with E-state index < -0.39 is 10.0 Å². The molecule has 7 nitrogen and oxygen atoms in total. The molecule has 2 aromatic rings. The van der Waals surface area contributed by atoms with Crippen LogP contribution < -0.4 is 5.32 Å². The van der Waals surface area contributed by atoms with Crippen LogP contribution in [0.25, 0.3) is 10.8 Å². The molecule has 8 heteroatoms. The summed E-state index contributed by atoms with van der Waals surface area (Å²) in [5.74, 6) is 0.0609. The van der Waals surface area contributed by atoms with Crippen molar-refractivity contribution in [1.29, 1.82) is 0 Å². The first-order valence-corrected chi connectivity index (χ1v) is 11.7. The second kappa shape index (κ2) is 8.79. The van der Waals surface area contributed by atoms with Gasteiger partial charge in [0.25, 0.3) is 5.91 Å². The molecule has 2 aliphatic rings. The molecule has 0 spiro atoms. The van der Waals surface area contributed by atoms with E-state index in [1.54, 1.807) is 17.0 Å². The Morgan fingerprint density at radius 1 is 1.07 bits per heavy atom. The van der Waals surface area contributed by atoms with E-state index in [2.05, 4.69) is 0 Å². The Labute approximate surface area is 171 Å². The molecule has 0 unspecified atom stereocenters. The van der Waals surface area contributed by atoms with Gasteiger partial charge in [0.1, 0.15) is 12.6 Å². The number of ether oxygens (including phenoxy) is 1. The monoisotopic (exact) mass is 418 g/mol. The zero-order valence-electron chi connectivity index (χ0n) is 16.5. The van der Waals surface area contributed by atoms with Crippen molar-refractivity contribution in [2.75, 3.05) is 45.9 Å². The van der Waals surface area contributed by atoms with Gasteiger partial charge in [-0.15, -0.1) is 0 Å². The fourth-order valence-corrected chi connectivity index (χ4v) is 5.46. The van der Waals surface area contributed by atoms with Crippen molar-refractivity contribution in [3.8, 4) is 0 Å². The van der Waals surface area contributed by atoms with Crippen LogP contribution in [0.5, 0.6) is 0 Å². The molecule has 2 aromatic carbocycles. The quantitative estimate of drug-likeness (QED) is 0.737. The topological polar surface area (TPSA) is 83.5 Å². The number of benzene rings is 2. The third-order valence-corrected chi connectivity index (χ3v) is 7.62. The molecular weight excluding hydrogens is 390 g/mol. The fraction of sp³-hybridized carbons (Fsp3) is 0.476. The van der Waals surface area contributed by atoms with Crippen LogP contribution in [-0.4, -0.2) is 75.5 Å². The first kappa shape index (κ1) is 20.3. The first-order valence-electron chi connectivity index (χ1n) is 10.2.